The molecule has 120 valence electrons. The first kappa shape index (κ1) is 16.9. The lowest BCUT2D eigenvalue weighted by Crippen LogP contribution is -2.26. The van der Waals surface area contributed by atoms with Crippen molar-refractivity contribution in [3.05, 3.63) is 57.6 Å². The van der Waals surface area contributed by atoms with Crippen molar-refractivity contribution in [2.75, 3.05) is 0 Å². The molecule has 0 radical (unpaired) electrons. The second-order valence-electron chi connectivity index (χ2n) is 5.40. The molecule has 0 unspecified atom stereocenters. The van der Waals surface area contributed by atoms with Crippen molar-refractivity contribution in [2.45, 2.75) is 32.8 Å². The number of halogens is 1. The zero-order chi connectivity index (χ0) is 17.1. The minimum Gasteiger partial charge on any atom is -0.459 e. The number of nitrogens with zero attached hydrogens (tertiary/aromatic N) is 1. The van der Waals surface area contributed by atoms with Crippen LogP contribution in [-0.4, -0.2) is 12.1 Å². The summed E-state index contributed by atoms with van der Waals surface area (Å²) in [5.74, 6) is -0.854. The first-order valence-corrected chi connectivity index (χ1v) is 7.47. The lowest BCUT2D eigenvalue weighted by molar-refractivity contribution is -0.143. The van der Waals surface area contributed by atoms with Crippen LogP contribution in [0.3, 0.4) is 0 Å². The summed E-state index contributed by atoms with van der Waals surface area (Å²) in [6.07, 6.45) is -0.289. The van der Waals surface area contributed by atoms with E-state index in [-0.39, 0.29) is 23.1 Å². The first-order valence-electron chi connectivity index (χ1n) is 7.10. The van der Waals surface area contributed by atoms with Crippen LogP contribution in [0.25, 0.3) is 0 Å². The van der Waals surface area contributed by atoms with Crippen molar-refractivity contribution in [1.29, 1.82) is 5.26 Å². The van der Waals surface area contributed by atoms with Gasteiger partial charge in [-0.1, -0.05) is 23.7 Å². The van der Waals surface area contributed by atoms with Crippen molar-refractivity contribution in [2.24, 2.45) is 5.73 Å². The Morgan fingerprint density at radius 3 is 2.52 bits per heavy atom. The lowest BCUT2D eigenvalue weighted by Gasteiger charge is -2.27. The molecule has 0 saturated carbocycles. The molecular weight excluding hydrogens is 316 g/mol. The maximum Gasteiger partial charge on any atom is 0.338 e. The number of hydrogen-bond acceptors (Lipinski definition) is 5. The van der Waals surface area contributed by atoms with Gasteiger partial charge in [0, 0.05) is 5.02 Å². The molecule has 0 bridgehead atoms. The van der Waals surface area contributed by atoms with Gasteiger partial charge < -0.3 is 15.2 Å². The van der Waals surface area contributed by atoms with Gasteiger partial charge in [0.05, 0.1) is 17.6 Å². The van der Waals surface area contributed by atoms with Crippen molar-refractivity contribution in [3.8, 4) is 6.07 Å². The van der Waals surface area contributed by atoms with Crippen LogP contribution in [0.15, 0.2) is 47.1 Å². The lowest BCUT2D eigenvalue weighted by atomic mass is 9.83. The molecule has 1 heterocycles. The van der Waals surface area contributed by atoms with Crippen LogP contribution in [-0.2, 0) is 14.3 Å². The molecule has 0 saturated heterocycles. The molecule has 2 N–H and O–H groups in total. The summed E-state index contributed by atoms with van der Waals surface area (Å²) in [6, 6.07) is 8.91. The predicted molar refractivity (Wildman–Crippen MR) is 86.0 cm³/mol. The van der Waals surface area contributed by atoms with E-state index in [9.17, 15) is 10.1 Å². The topological polar surface area (TPSA) is 85.3 Å². The maximum absolute atomic E-state index is 12.5. The quantitative estimate of drug-likeness (QED) is 0.858. The van der Waals surface area contributed by atoms with E-state index in [1.165, 1.54) is 0 Å². The number of ether oxygens (including phenoxy) is 2. The van der Waals surface area contributed by atoms with E-state index < -0.39 is 11.9 Å². The van der Waals surface area contributed by atoms with Gasteiger partial charge in [0.15, 0.2) is 0 Å². The number of rotatable bonds is 3. The Morgan fingerprint density at radius 1 is 1.39 bits per heavy atom. The fourth-order valence-electron chi connectivity index (χ4n) is 2.41. The minimum absolute atomic E-state index is 0.00829. The van der Waals surface area contributed by atoms with Crippen LogP contribution in [0.4, 0.5) is 0 Å². The van der Waals surface area contributed by atoms with Gasteiger partial charge in [0.1, 0.15) is 17.4 Å². The van der Waals surface area contributed by atoms with Crippen molar-refractivity contribution >= 4 is 17.6 Å². The number of carbonyl (C=O) groups is 1. The van der Waals surface area contributed by atoms with Crippen molar-refractivity contribution in [1.82, 2.24) is 0 Å². The van der Waals surface area contributed by atoms with E-state index in [1.54, 1.807) is 45.0 Å². The van der Waals surface area contributed by atoms with Crippen molar-refractivity contribution in [3.63, 3.8) is 0 Å². The van der Waals surface area contributed by atoms with Crippen LogP contribution in [0.5, 0.6) is 0 Å². The van der Waals surface area contributed by atoms with Crippen LogP contribution in [0.1, 0.15) is 32.3 Å². The Morgan fingerprint density at radius 2 is 2.00 bits per heavy atom. The number of nitriles is 1. The molecule has 1 aromatic rings. The smallest absolute Gasteiger partial charge is 0.338 e. The normalized spacial score (nSPS) is 17.8. The largest absolute Gasteiger partial charge is 0.459 e. The van der Waals surface area contributed by atoms with E-state index >= 15 is 0 Å². The Balaban J connectivity index is 2.57. The molecule has 0 aromatic heterocycles. The summed E-state index contributed by atoms with van der Waals surface area (Å²) in [6.45, 7) is 5.13. The summed E-state index contributed by atoms with van der Waals surface area (Å²) in [4.78, 5) is 12.5. The van der Waals surface area contributed by atoms with Crippen LogP contribution in [0, 0.1) is 11.3 Å². The molecule has 2 rings (SSSR count). The fourth-order valence-corrected chi connectivity index (χ4v) is 2.54. The third-order valence-electron chi connectivity index (χ3n) is 3.37. The molecule has 0 amide bonds. The van der Waals surface area contributed by atoms with Gasteiger partial charge in [-0.3, -0.25) is 0 Å². The predicted octanol–water partition coefficient (Wildman–Crippen LogP) is 3.37. The number of esters is 1. The third kappa shape index (κ3) is 3.49. The molecular formula is C17H17ClN2O3. The molecule has 1 aliphatic heterocycles. The zero-order valence-corrected chi connectivity index (χ0v) is 13.8. The third-order valence-corrected chi connectivity index (χ3v) is 3.62. The summed E-state index contributed by atoms with van der Waals surface area (Å²) >= 11 is 5.92. The van der Waals surface area contributed by atoms with E-state index in [0.717, 1.165) is 0 Å². The van der Waals surface area contributed by atoms with Crippen molar-refractivity contribution < 1.29 is 14.3 Å². The Labute approximate surface area is 139 Å². The van der Waals surface area contributed by atoms with E-state index in [1.807, 2.05) is 6.07 Å². The molecule has 6 heteroatoms. The second-order valence-corrected chi connectivity index (χ2v) is 5.84. The second kappa shape index (κ2) is 6.76. The monoisotopic (exact) mass is 332 g/mol. The van der Waals surface area contributed by atoms with Crippen LogP contribution < -0.4 is 5.73 Å². The number of benzene rings is 1. The number of nitrogens with two attached hydrogens (primary N) is 1. The summed E-state index contributed by atoms with van der Waals surface area (Å²) in [5, 5.41) is 10.0. The average molecular weight is 333 g/mol. The number of allylic oxidation sites excluding steroid dienone is 2. The van der Waals surface area contributed by atoms with E-state index in [0.29, 0.717) is 16.3 Å². The molecule has 0 aliphatic carbocycles. The van der Waals surface area contributed by atoms with Crippen LogP contribution >= 0.6 is 11.6 Å². The van der Waals surface area contributed by atoms with Gasteiger partial charge >= 0.3 is 5.97 Å². The van der Waals surface area contributed by atoms with Gasteiger partial charge in [-0.2, -0.15) is 5.26 Å². The van der Waals surface area contributed by atoms with E-state index in [4.69, 9.17) is 26.8 Å². The average Bonchev–Trinajstić information content (AvgIpc) is 2.46. The Bertz CT molecular complexity index is 727. The molecule has 23 heavy (non-hydrogen) atoms. The Hall–Kier alpha value is -2.45. The first-order chi connectivity index (χ1) is 10.8. The number of hydrogen-bond donors (Lipinski definition) is 1. The Kier molecular flexibility index (Phi) is 4.97. The van der Waals surface area contributed by atoms with Gasteiger partial charge in [0.2, 0.25) is 5.88 Å². The molecule has 1 atom stereocenters. The molecule has 1 aliphatic rings. The van der Waals surface area contributed by atoms with Gasteiger partial charge in [-0.05, 0) is 38.5 Å². The van der Waals surface area contributed by atoms with Gasteiger partial charge in [-0.25, -0.2) is 4.79 Å². The molecule has 5 nitrogen and oxygen atoms in total. The fraction of sp³-hybridized carbons (Fsp3) is 0.294. The maximum atomic E-state index is 12.5. The highest BCUT2D eigenvalue weighted by Crippen LogP contribution is 2.39. The van der Waals surface area contributed by atoms with Crippen LogP contribution in [0.2, 0.25) is 5.02 Å². The summed E-state index contributed by atoms with van der Waals surface area (Å²) in [7, 11) is 0. The van der Waals surface area contributed by atoms with E-state index in [2.05, 4.69) is 0 Å². The highest BCUT2D eigenvalue weighted by Gasteiger charge is 2.36. The zero-order valence-electron chi connectivity index (χ0n) is 13.1. The highest BCUT2D eigenvalue weighted by molar-refractivity contribution is 6.30. The van der Waals surface area contributed by atoms with Gasteiger partial charge in [-0.15, -0.1) is 0 Å². The minimum atomic E-state index is -0.641. The SMILES string of the molecule is CC1=C(C(=O)OC(C)C)[C@H](c2ccc(Cl)cc2)C(C#N)=C(N)O1. The standard InChI is InChI=1S/C17H17ClN2O3/c1-9(2)22-17(21)14-10(3)23-16(20)13(8-19)15(14)11-4-6-12(18)7-5-11/h4-7,9,15H,20H2,1-3H3/t15-/m1/s1. The summed E-state index contributed by atoms with van der Waals surface area (Å²) < 4.78 is 10.7. The highest BCUT2D eigenvalue weighted by atomic mass is 35.5. The summed E-state index contributed by atoms with van der Waals surface area (Å²) in [5.41, 5.74) is 6.98. The molecule has 1 aromatic carbocycles. The molecule has 0 fully saturated rings. The number of carbonyl (C=O) groups excluding carboxylic acids is 1. The molecule has 0 spiro atoms. The van der Waals surface area contributed by atoms with Gasteiger partial charge in [0.25, 0.3) is 0 Å².